The lowest BCUT2D eigenvalue weighted by molar-refractivity contribution is -0.122. The molecule has 0 aromatic heterocycles. The number of unbranched alkanes of at least 4 members (excludes halogenated alkanes) is 1. The number of rotatable bonds is 6. The lowest BCUT2D eigenvalue weighted by atomic mass is 10.0. The zero-order valence-corrected chi connectivity index (χ0v) is 11.2. The minimum Gasteiger partial charge on any atom is -0.296 e. The highest BCUT2D eigenvalue weighted by molar-refractivity contribution is 9.10. The van der Waals surface area contributed by atoms with E-state index in [0.717, 1.165) is 6.42 Å². The molecule has 0 N–H and O–H groups in total. The molecule has 17 heavy (non-hydrogen) atoms. The molecule has 0 aliphatic heterocycles. The topological polar surface area (TPSA) is 34.1 Å². The molecular formula is C13H14BrFO2. The van der Waals surface area contributed by atoms with Gasteiger partial charge in [-0.3, -0.25) is 9.59 Å². The molecular weight excluding hydrogens is 287 g/mol. The van der Waals surface area contributed by atoms with Crippen molar-refractivity contribution in [2.75, 3.05) is 0 Å². The van der Waals surface area contributed by atoms with Crippen LogP contribution in [0, 0.1) is 0 Å². The van der Waals surface area contributed by atoms with Gasteiger partial charge in [-0.2, -0.15) is 0 Å². The number of hydrogen-bond acceptors (Lipinski definition) is 2. The number of alkyl halides is 1. The smallest absolute Gasteiger partial charge is 0.220 e. The predicted octanol–water partition coefficient (Wildman–Crippen LogP) is 3.73. The standard InChI is InChI=1S/C13H14BrFO2/c1-2-3-7-11(16)12(15)13(17)9-5-4-6-10(14)8-9/h4-6,8,12H,2-3,7H2,1H3. The van der Waals surface area contributed by atoms with Crippen molar-refractivity contribution < 1.29 is 14.0 Å². The molecule has 0 amide bonds. The lowest BCUT2D eigenvalue weighted by Crippen LogP contribution is -2.25. The number of carbonyl (C=O) groups excluding carboxylic acids is 2. The Hall–Kier alpha value is -1.03. The van der Waals surface area contributed by atoms with E-state index in [1.807, 2.05) is 6.92 Å². The summed E-state index contributed by atoms with van der Waals surface area (Å²) in [7, 11) is 0. The summed E-state index contributed by atoms with van der Waals surface area (Å²) in [5, 5.41) is 0. The first-order valence-corrected chi connectivity index (χ1v) is 6.32. The van der Waals surface area contributed by atoms with Gasteiger partial charge in [0.1, 0.15) is 0 Å². The Balaban J connectivity index is 2.72. The molecule has 0 heterocycles. The fourth-order valence-corrected chi connectivity index (χ4v) is 1.81. The molecule has 4 heteroatoms. The Morgan fingerprint density at radius 3 is 2.71 bits per heavy atom. The van der Waals surface area contributed by atoms with Crippen molar-refractivity contribution >= 4 is 27.5 Å². The van der Waals surface area contributed by atoms with Gasteiger partial charge in [-0.05, 0) is 18.6 Å². The van der Waals surface area contributed by atoms with E-state index in [9.17, 15) is 14.0 Å². The van der Waals surface area contributed by atoms with Gasteiger partial charge < -0.3 is 0 Å². The van der Waals surface area contributed by atoms with Crippen LogP contribution < -0.4 is 0 Å². The van der Waals surface area contributed by atoms with Gasteiger partial charge in [-0.25, -0.2) is 4.39 Å². The summed E-state index contributed by atoms with van der Waals surface area (Å²) in [6, 6.07) is 6.40. The van der Waals surface area contributed by atoms with Gasteiger partial charge in [0.15, 0.2) is 5.78 Å². The zero-order valence-electron chi connectivity index (χ0n) is 9.58. The molecule has 0 fully saturated rings. The van der Waals surface area contributed by atoms with Crippen LogP contribution in [-0.2, 0) is 4.79 Å². The van der Waals surface area contributed by atoms with Gasteiger partial charge >= 0.3 is 0 Å². The summed E-state index contributed by atoms with van der Waals surface area (Å²) in [6.45, 7) is 1.91. The molecule has 0 aliphatic carbocycles. The second-order valence-corrected chi connectivity index (χ2v) is 4.72. The molecule has 1 atom stereocenters. The molecule has 0 aliphatic rings. The number of ketones is 2. The van der Waals surface area contributed by atoms with Crippen LogP contribution in [0.5, 0.6) is 0 Å². The number of carbonyl (C=O) groups is 2. The Bertz CT molecular complexity index is 418. The van der Waals surface area contributed by atoms with Crippen molar-refractivity contribution in [2.45, 2.75) is 32.4 Å². The highest BCUT2D eigenvalue weighted by atomic mass is 79.9. The van der Waals surface area contributed by atoms with Crippen LogP contribution in [-0.4, -0.2) is 17.7 Å². The van der Waals surface area contributed by atoms with Crippen molar-refractivity contribution in [1.82, 2.24) is 0 Å². The lowest BCUT2D eigenvalue weighted by Gasteiger charge is -2.06. The summed E-state index contributed by atoms with van der Waals surface area (Å²) in [4.78, 5) is 23.1. The number of halogens is 2. The monoisotopic (exact) mass is 300 g/mol. The van der Waals surface area contributed by atoms with E-state index in [1.54, 1.807) is 12.1 Å². The van der Waals surface area contributed by atoms with E-state index in [-0.39, 0.29) is 12.0 Å². The van der Waals surface area contributed by atoms with E-state index in [4.69, 9.17) is 0 Å². The number of benzene rings is 1. The summed E-state index contributed by atoms with van der Waals surface area (Å²) in [6.07, 6.45) is -0.484. The van der Waals surface area contributed by atoms with Crippen LogP contribution >= 0.6 is 15.9 Å². The van der Waals surface area contributed by atoms with Crippen molar-refractivity contribution in [3.63, 3.8) is 0 Å². The molecule has 0 saturated heterocycles. The SMILES string of the molecule is CCCCC(=O)C(F)C(=O)c1cccc(Br)c1. The van der Waals surface area contributed by atoms with Crippen LogP contribution in [0.15, 0.2) is 28.7 Å². The minimum absolute atomic E-state index is 0.122. The largest absolute Gasteiger partial charge is 0.296 e. The second-order valence-electron chi connectivity index (χ2n) is 3.81. The van der Waals surface area contributed by atoms with Crippen molar-refractivity contribution in [3.05, 3.63) is 34.3 Å². The normalized spacial score (nSPS) is 12.2. The Morgan fingerprint density at radius 1 is 1.41 bits per heavy atom. The van der Waals surface area contributed by atoms with Gasteiger partial charge in [0.25, 0.3) is 0 Å². The van der Waals surface area contributed by atoms with Crippen molar-refractivity contribution in [3.8, 4) is 0 Å². The minimum atomic E-state index is -2.03. The van der Waals surface area contributed by atoms with E-state index in [1.165, 1.54) is 12.1 Å². The maximum Gasteiger partial charge on any atom is 0.220 e. The Kier molecular flexibility index (Phi) is 5.48. The van der Waals surface area contributed by atoms with Crippen molar-refractivity contribution in [1.29, 1.82) is 0 Å². The molecule has 0 bridgehead atoms. The number of Topliss-reactive ketones (excluding diaryl/α,β-unsaturated/α-hetero) is 2. The third-order valence-corrected chi connectivity index (χ3v) is 2.89. The highest BCUT2D eigenvalue weighted by Crippen LogP contribution is 2.15. The first kappa shape index (κ1) is 14.0. The fraction of sp³-hybridized carbons (Fsp3) is 0.385. The third kappa shape index (κ3) is 4.04. The highest BCUT2D eigenvalue weighted by Gasteiger charge is 2.26. The maximum atomic E-state index is 13.6. The predicted molar refractivity (Wildman–Crippen MR) is 67.9 cm³/mol. The fourth-order valence-electron chi connectivity index (χ4n) is 1.41. The molecule has 92 valence electrons. The first-order valence-electron chi connectivity index (χ1n) is 5.52. The van der Waals surface area contributed by atoms with Crippen LogP contribution in [0.1, 0.15) is 36.5 Å². The Labute approximate surface area is 108 Å². The Morgan fingerprint density at radius 2 is 2.12 bits per heavy atom. The third-order valence-electron chi connectivity index (χ3n) is 2.40. The average molecular weight is 301 g/mol. The zero-order chi connectivity index (χ0) is 12.8. The van der Waals surface area contributed by atoms with Gasteiger partial charge in [0, 0.05) is 16.5 Å². The van der Waals surface area contributed by atoms with Crippen LogP contribution in [0.4, 0.5) is 4.39 Å². The van der Waals surface area contributed by atoms with E-state index in [2.05, 4.69) is 15.9 Å². The molecule has 1 aromatic rings. The van der Waals surface area contributed by atoms with E-state index in [0.29, 0.717) is 10.9 Å². The summed E-state index contributed by atoms with van der Waals surface area (Å²) in [5.41, 5.74) is 0.219. The van der Waals surface area contributed by atoms with Crippen LogP contribution in [0.3, 0.4) is 0 Å². The average Bonchev–Trinajstić information content (AvgIpc) is 2.34. The molecule has 1 rings (SSSR count). The van der Waals surface area contributed by atoms with Gasteiger partial charge in [0.2, 0.25) is 12.0 Å². The molecule has 0 spiro atoms. The molecule has 0 saturated carbocycles. The molecule has 2 nitrogen and oxygen atoms in total. The second kappa shape index (κ2) is 6.64. The van der Waals surface area contributed by atoms with Crippen LogP contribution in [0.2, 0.25) is 0 Å². The summed E-state index contributed by atoms with van der Waals surface area (Å²) < 4.78 is 14.3. The number of hydrogen-bond donors (Lipinski definition) is 0. The quantitative estimate of drug-likeness (QED) is 0.592. The van der Waals surface area contributed by atoms with E-state index >= 15 is 0 Å². The van der Waals surface area contributed by atoms with Gasteiger partial charge in [-0.1, -0.05) is 41.4 Å². The first-order chi connectivity index (χ1) is 8.06. The molecule has 1 unspecified atom stereocenters. The van der Waals surface area contributed by atoms with Crippen molar-refractivity contribution in [2.24, 2.45) is 0 Å². The van der Waals surface area contributed by atoms with Gasteiger partial charge in [0.05, 0.1) is 0 Å². The summed E-state index contributed by atoms with van der Waals surface area (Å²) >= 11 is 3.20. The molecule has 1 aromatic carbocycles. The van der Waals surface area contributed by atoms with Gasteiger partial charge in [-0.15, -0.1) is 0 Å². The summed E-state index contributed by atoms with van der Waals surface area (Å²) in [5.74, 6) is -1.38. The molecule has 0 radical (unpaired) electrons. The maximum absolute atomic E-state index is 13.6. The van der Waals surface area contributed by atoms with Crippen LogP contribution in [0.25, 0.3) is 0 Å². The van der Waals surface area contributed by atoms with E-state index < -0.39 is 17.7 Å².